The van der Waals surface area contributed by atoms with Crippen molar-refractivity contribution in [3.05, 3.63) is 47.7 Å². The van der Waals surface area contributed by atoms with Crippen LogP contribution in [0.3, 0.4) is 0 Å². The van der Waals surface area contributed by atoms with E-state index in [2.05, 4.69) is 4.98 Å². The van der Waals surface area contributed by atoms with Gasteiger partial charge in [0.1, 0.15) is 11.4 Å². The first-order chi connectivity index (χ1) is 12.6. The summed E-state index contributed by atoms with van der Waals surface area (Å²) in [6.07, 6.45) is 0.963. The third-order valence-electron chi connectivity index (χ3n) is 3.64. The molecule has 7 heteroatoms. The number of nitrogens with two attached hydrogens (primary N) is 1. The van der Waals surface area contributed by atoms with Crippen molar-refractivity contribution in [3.63, 3.8) is 0 Å². The van der Waals surface area contributed by atoms with Crippen molar-refractivity contribution in [2.75, 3.05) is 11.4 Å². The number of benzene rings is 1. The van der Waals surface area contributed by atoms with Crippen molar-refractivity contribution in [3.8, 4) is 11.6 Å². The van der Waals surface area contributed by atoms with Crippen LogP contribution < -0.4 is 15.4 Å². The SMILES string of the molecule is CCN(C(=O)OC(C)(C)C)c1ccc(Oc2ccc(C(N)=O)cn2)c(C)c1. The van der Waals surface area contributed by atoms with Crippen molar-refractivity contribution in [2.24, 2.45) is 5.73 Å². The van der Waals surface area contributed by atoms with Crippen LogP contribution in [0.15, 0.2) is 36.5 Å². The number of carbonyl (C=O) groups is 2. The van der Waals surface area contributed by atoms with E-state index in [0.29, 0.717) is 29.4 Å². The quantitative estimate of drug-likeness (QED) is 0.856. The summed E-state index contributed by atoms with van der Waals surface area (Å²) in [6, 6.07) is 8.53. The molecule has 1 heterocycles. The van der Waals surface area contributed by atoms with Gasteiger partial charge in [-0.2, -0.15) is 0 Å². The van der Waals surface area contributed by atoms with E-state index in [-0.39, 0.29) is 0 Å². The van der Waals surface area contributed by atoms with Crippen LogP contribution in [0.1, 0.15) is 43.6 Å². The Morgan fingerprint density at radius 2 is 1.89 bits per heavy atom. The van der Waals surface area contributed by atoms with Gasteiger partial charge in [0.05, 0.1) is 5.56 Å². The molecule has 0 aliphatic heterocycles. The summed E-state index contributed by atoms with van der Waals surface area (Å²) in [4.78, 5) is 29.1. The zero-order valence-electron chi connectivity index (χ0n) is 16.3. The van der Waals surface area contributed by atoms with E-state index < -0.39 is 17.6 Å². The first-order valence-corrected chi connectivity index (χ1v) is 8.65. The standard InChI is InChI=1S/C20H25N3O4/c1-6-23(19(25)27-20(3,4)5)15-8-9-16(13(2)11-15)26-17-10-7-14(12-22-17)18(21)24/h7-12H,6H2,1-5H3,(H2,21,24). The molecule has 2 rings (SSSR count). The van der Waals surface area contributed by atoms with Crippen molar-refractivity contribution < 1.29 is 19.1 Å². The monoisotopic (exact) mass is 371 g/mol. The number of aromatic nitrogens is 1. The molecule has 2 aromatic rings. The Morgan fingerprint density at radius 3 is 2.37 bits per heavy atom. The molecular weight excluding hydrogens is 346 g/mol. The van der Waals surface area contributed by atoms with Crippen LogP contribution in [-0.4, -0.2) is 29.1 Å². The number of ether oxygens (including phenoxy) is 2. The highest BCUT2D eigenvalue weighted by molar-refractivity contribution is 5.92. The fourth-order valence-corrected chi connectivity index (χ4v) is 2.35. The summed E-state index contributed by atoms with van der Waals surface area (Å²) in [5.74, 6) is 0.394. The Bertz CT molecular complexity index is 826. The molecule has 7 nitrogen and oxygen atoms in total. The number of primary amides is 1. The van der Waals surface area contributed by atoms with E-state index >= 15 is 0 Å². The molecule has 0 radical (unpaired) electrons. The predicted octanol–water partition coefficient (Wildman–Crippen LogP) is 4.04. The Labute approximate surface area is 159 Å². The molecule has 0 fully saturated rings. The molecule has 0 saturated heterocycles. The van der Waals surface area contributed by atoms with E-state index in [9.17, 15) is 9.59 Å². The minimum Gasteiger partial charge on any atom is -0.443 e. The molecule has 1 aromatic carbocycles. The molecule has 144 valence electrons. The van der Waals surface area contributed by atoms with Crippen molar-refractivity contribution in [1.29, 1.82) is 0 Å². The van der Waals surface area contributed by atoms with Gasteiger partial charge in [0, 0.05) is 24.5 Å². The second-order valence-electron chi connectivity index (χ2n) is 7.03. The topological polar surface area (TPSA) is 94.8 Å². The molecule has 0 bridgehead atoms. The number of anilines is 1. The number of aryl methyl sites for hydroxylation is 1. The molecule has 0 aliphatic carbocycles. The van der Waals surface area contributed by atoms with Gasteiger partial charge >= 0.3 is 6.09 Å². The number of hydrogen-bond acceptors (Lipinski definition) is 5. The third-order valence-corrected chi connectivity index (χ3v) is 3.64. The summed E-state index contributed by atoms with van der Waals surface area (Å²) in [5, 5.41) is 0. The average molecular weight is 371 g/mol. The van der Waals surface area contributed by atoms with Crippen LogP contribution in [0.25, 0.3) is 0 Å². The molecule has 27 heavy (non-hydrogen) atoms. The van der Waals surface area contributed by atoms with E-state index in [1.165, 1.54) is 6.20 Å². The predicted molar refractivity (Wildman–Crippen MR) is 103 cm³/mol. The molecule has 0 aliphatic rings. The van der Waals surface area contributed by atoms with E-state index in [0.717, 1.165) is 5.56 Å². The molecule has 2 amide bonds. The highest BCUT2D eigenvalue weighted by Gasteiger charge is 2.22. The average Bonchev–Trinajstić information content (AvgIpc) is 2.56. The van der Waals surface area contributed by atoms with Crippen molar-refractivity contribution in [1.82, 2.24) is 4.98 Å². The highest BCUT2D eigenvalue weighted by Crippen LogP contribution is 2.28. The van der Waals surface area contributed by atoms with Crippen LogP contribution >= 0.6 is 0 Å². The summed E-state index contributed by atoms with van der Waals surface area (Å²) >= 11 is 0. The third kappa shape index (κ3) is 5.44. The minimum atomic E-state index is -0.564. The maximum Gasteiger partial charge on any atom is 0.414 e. The van der Waals surface area contributed by atoms with Crippen LogP contribution in [0, 0.1) is 6.92 Å². The van der Waals surface area contributed by atoms with Crippen LogP contribution in [-0.2, 0) is 4.74 Å². The second-order valence-corrected chi connectivity index (χ2v) is 7.03. The van der Waals surface area contributed by atoms with Gasteiger partial charge in [-0.1, -0.05) is 0 Å². The summed E-state index contributed by atoms with van der Waals surface area (Å²) in [6.45, 7) is 9.73. The Balaban J connectivity index is 2.18. The van der Waals surface area contributed by atoms with Crippen LogP contribution in [0.2, 0.25) is 0 Å². The van der Waals surface area contributed by atoms with Gasteiger partial charge in [-0.15, -0.1) is 0 Å². The van der Waals surface area contributed by atoms with Crippen LogP contribution in [0.4, 0.5) is 10.5 Å². The van der Waals surface area contributed by atoms with Gasteiger partial charge in [-0.25, -0.2) is 9.78 Å². The smallest absolute Gasteiger partial charge is 0.414 e. The lowest BCUT2D eigenvalue weighted by molar-refractivity contribution is 0.0582. The van der Waals surface area contributed by atoms with Gasteiger partial charge in [-0.3, -0.25) is 9.69 Å². The zero-order valence-corrected chi connectivity index (χ0v) is 16.3. The second kappa shape index (κ2) is 8.07. The molecule has 0 saturated carbocycles. The zero-order chi connectivity index (χ0) is 20.2. The Hall–Kier alpha value is -3.09. The maximum atomic E-state index is 12.4. The number of pyridine rings is 1. The Morgan fingerprint density at radius 1 is 1.19 bits per heavy atom. The lowest BCUT2D eigenvalue weighted by Gasteiger charge is -2.27. The van der Waals surface area contributed by atoms with Crippen LogP contribution in [0.5, 0.6) is 11.6 Å². The van der Waals surface area contributed by atoms with Gasteiger partial charge in [0.2, 0.25) is 11.8 Å². The Kier molecular flexibility index (Phi) is 6.05. The van der Waals surface area contributed by atoms with E-state index in [1.807, 2.05) is 40.7 Å². The normalized spacial score (nSPS) is 11.0. The molecule has 0 spiro atoms. The van der Waals surface area contributed by atoms with Gasteiger partial charge in [0.15, 0.2) is 0 Å². The number of rotatable bonds is 5. The van der Waals surface area contributed by atoms with Gasteiger partial charge in [-0.05, 0) is 64.4 Å². The van der Waals surface area contributed by atoms with Crippen molar-refractivity contribution in [2.45, 2.75) is 40.2 Å². The highest BCUT2D eigenvalue weighted by atomic mass is 16.6. The number of nitrogens with zero attached hydrogens (tertiary/aromatic N) is 2. The fourth-order valence-electron chi connectivity index (χ4n) is 2.35. The lowest BCUT2D eigenvalue weighted by atomic mass is 10.2. The van der Waals surface area contributed by atoms with Gasteiger partial charge in [0.25, 0.3) is 0 Å². The lowest BCUT2D eigenvalue weighted by Crippen LogP contribution is -2.36. The molecular formula is C20H25N3O4. The summed E-state index contributed by atoms with van der Waals surface area (Å²) < 4.78 is 11.2. The molecule has 2 N–H and O–H groups in total. The van der Waals surface area contributed by atoms with Gasteiger partial charge < -0.3 is 15.2 Å². The molecule has 1 aromatic heterocycles. The largest absolute Gasteiger partial charge is 0.443 e. The number of amides is 2. The first-order valence-electron chi connectivity index (χ1n) is 8.65. The summed E-state index contributed by atoms with van der Waals surface area (Å²) in [5.41, 5.74) is 6.49. The van der Waals surface area contributed by atoms with Crippen molar-refractivity contribution >= 4 is 17.7 Å². The summed E-state index contributed by atoms with van der Waals surface area (Å²) in [7, 11) is 0. The molecule has 0 atom stereocenters. The number of hydrogen-bond donors (Lipinski definition) is 1. The first kappa shape index (κ1) is 20.2. The van der Waals surface area contributed by atoms with E-state index in [1.54, 1.807) is 29.2 Å². The maximum absolute atomic E-state index is 12.4. The molecule has 0 unspecified atom stereocenters. The minimum absolute atomic E-state index is 0.311. The van der Waals surface area contributed by atoms with E-state index in [4.69, 9.17) is 15.2 Å². The fraction of sp³-hybridized carbons (Fsp3) is 0.350. The number of carbonyl (C=O) groups excluding carboxylic acids is 2.